The van der Waals surface area contributed by atoms with Gasteiger partial charge in [-0.3, -0.25) is 4.90 Å². The molecule has 3 heterocycles. The molecule has 0 radical (unpaired) electrons. The maximum absolute atomic E-state index is 12.0. The SMILES string of the molecule is CCC1=C(N2CCNC2=O)CCN(c2cc3ccccc3[nH]2)C1. The molecule has 2 aromatic rings. The molecule has 1 saturated heterocycles. The van der Waals surface area contributed by atoms with E-state index in [9.17, 15) is 4.79 Å². The number of anilines is 1. The maximum atomic E-state index is 12.0. The molecule has 1 aromatic heterocycles. The van der Waals surface area contributed by atoms with Crippen LogP contribution >= 0.6 is 0 Å². The summed E-state index contributed by atoms with van der Waals surface area (Å²) >= 11 is 0. The largest absolute Gasteiger partial charge is 0.354 e. The standard InChI is InChI=1S/C18H22N4O/c1-2-13-12-21(9-7-16(13)22-10-8-19-18(22)23)17-11-14-5-3-4-6-15(14)20-17/h3-6,11,20H,2,7-10,12H2,1H3,(H,19,23). The van der Waals surface area contributed by atoms with Crippen molar-refractivity contribution in [3.63, 3.8) is 0 Å². The average molecular weight is 310 g/mol. The summed E-state index contributed by atoms with van der Waals surface area (Å²) in [6.07, 6.45) is 1.90. The third-order valence-corrected chi connectivity index (χ3v) is 4.87. The third-order valence-electron chi connectivity index (χ3n) is 4.87. The van der Waals surface area contributed by atoms with Crippen LogP contribution in [-0.2, 0) is 0 Å². The predicted octanol–water partition coefficient (Wildman–Crippen LogP) is 3.07. The van der Waals surface area contributed by atoms with Crippen molar-refractivity contribution < 1.29 is 4.79 Å². The molecule has 2 N–H and O–H groups in total. The van der Waals surface area contributed by atoms with E-state index >= 15 is 0 Å². The van der Waals surface area contributed by atoms with Crippen LogP contribution in [0.2, 0.25) is 0 Å². The van der Waals surface area contributed by atoms with Crippen molar-refractivity contribution in [3.8, 4) is 0 Å². The quantitative estimate of drug-likeness (QED) is 0.915. The number of aromatic amines is 1. The molecular weight excluding hydrogens is 288 g/mol. The number of benzene rings is 1. The zero-order valence-electron chi connectivity index (χ0n) is 13.4. The van der Waals surface area contributed by atoms with Crippen LogP contribution in [0.25, 0.3) is 10.9 Å². The summed E-state index contributed by atoms with van der Waals surface area (Å²) in [5, 5.41) is 4.15. The van der Waals surface area contributed by atoms with Gasteiger partial charge in [-0.15, -0.1) is 0 Å². The Bertz CT molecular complexity index is 743. The Kier molecular flexibility index (Phi) is 3.48. The monoisotopic (exact) mass is 310 g/mol. The Hall–Kier alpha value is -2.43. The summed E-state index contributed by atoms with van der Waals surface area (Å²) in [7, 11) is 0. The molecule has 2 aliphatic heterocycles. The number of aromatic nitrogens is 1. The van der Waals surface area contributed by atoms with E-state index in [0.29, 0.717) is 0 Å². The minimum atomic E-state index is 0.0602. The van der Waals surface area contributed by atoms with Crippen molar-refractivity contribution in [2.45, 2.75) is 19.8 Å². The van der Waals surface area contributed by atoms with Gasteiger partial charge in [0.1, 0.15) is 5.82 Å². The van der Waals surface area contributed by atoms with E-state index in [1.807, 2.05) is 4.90 Å². The number of amides is 2. The Morgan fingerprint density at radius 3 is 2.83 bits per heavy atom. The molecule has 5 heteroatoms. The molecule has 0 aliphatic carbocycles. The molecule has 0 saturated carbocycles. The summed E-state index contributed by atoms with van der Waals surface area (Å²) in [5.41, 5.74) is 3.77. The fourth-order valence-electron chi connectivity index (χ4n) is 3.62. The zero-order valence-corrected chi connectivity index (χ0v) is 13.4. The Morgan fingerprint density at radius 1 is 1.22 bits per heavy atom. The molecule has 4 rings (SSSR count). The highest BCUT2D eigenvalue weighted by molar-refractivity contribution is 5.84. The maximum Gasteiger partial charge on any atom is 0.321 e. The van der Waals surface area contributed by atoms with Gasteiger partial charge in [-0.1, -0.05) is 25.1 Å². The summed E-state index contributed by atoms with van der Waals surface area (Å²) in [6, 6.07) is 10.6. The summed E-state index contributed by atoms with van der Waals surface area (Å²) in [5.74, 6) is 1.17. The minimum absolute atomic E-state index is 0.0602. The van der Waals surface area contributed by atoms with Gasteiger partial charge in [-0.2, -0.15) is 0 Å². The number of nitrogens with zero attached hydrogens (tertiary/aromatic N) is 2. The molecule has 1 fully saturated rings. The fourth-order valence-corrected chi connectivity index (χ4v) is 3.62. The molecule has 2 aliphatic rings. The van der Waals surface area contributed by atoms with E-state index in [-0.39, 0.29) is 6.03 Å². The number of carbonyl (C=O) groups is 1. The lowest BCUT2D eigenvalue weighted by atomic mass is 10.0. The van der Waals surface area contributed by atoms with Crippen LogP contribution in [0, 0.1) is 0 Å². The number of para-hydroxylation sites is 1. The summed E-state index contributed by atoms with van der Waals surface area (Å²) in [4.78, 5) is 19.8. The highest BCUT2D eigenvalue weighted by Crippen LogP contribution is 2.29. The smallest absolute Gasteiger partial charge is 0.321 e. The second-order valence-electron chi connectivity index (χ2n) is 6.20. The van der Waals surface area contributed by atoms with Crippen molar-refractivity contribution in [3.05, 3.63) is 41.6 Å². The molecule has 0 bridgehead atoms. The Balaban J connectivity index is 1.61. The molecule has 1 aromatic carbocycles. The first-order chi connectivity index (χ1) is 11.3. The lowest BCUT2D eigenvalue weighted by Crippen LogP contribution is -2.38. The van der Waals surface area contributed by atoms with Gasteiger partial charge in [0, 0.05) is 49.2 Å². The van der Waals surface area contributed by atoms with E-state index in [1.54, 1.807) is 0 Å². The van der Waals surface area contributed by atoms with Gasteiger partial charge < -0.3 is 15.2 Å². The first kappa shape index (κ1) is 14.2. The van der Waals surface area contributed by atoms with Crippen molar-refractivity contribution in [2.75, 3.05) is 31.1 Å². The minimum Gasteiger partial charge on any atom is -0.354 e. The number of urea groups is 1. The van der Waals surface area contributed by atoms with E-state index in [4.69, 9.17) is 0 Å². The highest BCUT2D eigenvalue weighted by atomic mass is 16.2. The number of rotatable bonds is 3. The number of H-pyrrole nitrogens is 1. The topological polar surface area (TPSA) is 51.4 Å². The summed E-state index contributed by atoms with van der Waals surface area (Å²) in [6.45, 7) is 5.56. The second kappa shape index (κ2) is 5.65. The number of carbonyl (C=O) groups excluding carboxylic acids is 1. The van der Waals surface area contributed by atoms with Crippen LogP contribution in [0.5, 0.6) is 0 Å². The molecule has 0 spiro atoms. The molecule has 120 valence electrons. The first-order valence-corrected chi connectivity index (χ1v) is 8.35. The van der Waals surface area contributed by atoms with Gasteiger partial charge in [0.2, 0.25) is 0 Å². The molecule has 2 amide bonds. The second-order valence-corrected chi connectivity index (χ2v) is 6.20. The molecule has 5 nitrogen and oxygen atoms in total. The van der Waals surface area contributed by atoms with Crippen molar-refractivity contribution in [2.24, 2.45) is 0 Å². The van der Waals surface area contributed by atoms with E-state index in [2.05, 4.69) is 52.5 Å². The van der Waals surface area contributed by atoms with Crippen molar-refractivity contribution >= 4 is 22.8 Å². The van der Waals surface area contributed by atoms with Crippen LogP contribution in [0.3, 0.4) is 0 Å². The van der Waals surface area contributed by atoms with Crippen molar-refractivity contribution in [1.82, 2.24) is 15.2 Å². The third kappa shape index (κ3) is 2.46. The van der Waals surface area contributed by atoms with E-state index < -0.39 is 0 Å². The molecule has 0 unspecified atom stereocenters. The zero-order chi connectivity index (χ0) is 15.8. The average Bonchev–Trinajstić information content (AvgIpc) is 3.20. The number of hydrogen-bond acceptors (Lipinski definition) is 2. The Labute approximate surface area is 136 Å². The van der Waals surface area contributed by atoms with Gasteiger partial charge >= 0.3 is 6.03 Å². The fraction of sp³-hybridized carbons (Fsp3) is 0.389. The van der Waals surface area contributed by atoms with E-state index in [0.717, 1.165) is 39.0 Å². The van der Waals surface area contributed by atoms with Gasteiger partial charge in [0.05, 0.1) is 0 Å². The predicted molar refractivity (Wildman–Crippen MR) is 92.6 cm³/mol. The van der Waals surface area contributed by atoms with Gasteiger partial charge in [0.25, 0.3) is 0 Å². The van der Waals surface area contributed by atoms with Crippen molar-refractivity contribution in [1.29, 1.82) is 0 Å². The highest BCUT2D eigenvalue weighted by Gasteiger charge is 2.29. The van der Waals surface area contributed by atoms with Gasteiger partial charge in [-0.05, 0) is 24.1 Å². The summed E-state index contributed by atoms with van der Waals surface area (Å²) < 4.78 is 0. The van der Waals surface area contributed by atoms with Gasteiger partial charge in [-0.25, -0.2) is 4.79 Å². The van der Waals surface area contributed by atoms with Crippen LogP contribution in [0.4, 0.5) is 10.6 Å². The van der Waals surface area contributed by atoms with Crippen LogP contribution < -0.4 is 10.2 Å². The number of hydrogen-bond donors (Lipinski definition) is 2. The van der Waals surface area contributed by atoms with Crippen LogP contribution in [0.15, 0.2) is 41.6 Å². The normalized spacial score (nSPS) is 18.9. The van der Waals surface area contributed by atoms with Gasteiger partial charge in [0.15, 0.2) is 0 Å². The first-order valence-electron chi connectivity index (χ1n) is 8.35. The molecule has 0 atom stereocenters. The number of nitrogens with one attached hydrogen (secondary N) is 2. The Morgan fingerprint density at radius 2 is 2.09 bits per heavy atom. The van der Waals surface area contributed by atoms with E-state index in [1.165, 1.54) is 28.0 Å². The van der Waals surface area contributed by atoms with Crippen LogP contribution in [0.1, 0.15) is 19.8 Å². The molecular formula is C18H22N4O. The number of fused-ring (bicyclic) bond motifs is 1. The lowest BCUT2D eigenvalue weighted by molar-refractivity contribution is 0.225. The molecule has 23 heavy (non-hydrogen) atoms. The van der Waals surface area contributed by atoms with Crippen LogP contribution in [-0.4, -0.2) is 42.1 Å². The lowest BCUT2D eigenvalue weighted by Gasteiger charge is -2.34.